The minimum atomic E-state index is -0.0724. The van der Waals surface area contributed by atoms with Gasteiger partial charge < -0.3 is 9.84 Å². The lowest BCUT2D eigenvalue weighted by Crippen LogP contribution is -2.21. The maximum atomic E-state index is 12.2. The van der Waals surface area contributed by atoms with E-state index < -0.39 is 0 Å². The van der Waals surface area contributed by atoms with Crippen molar-refractivity contribution in [1.29, 1.82) is 0 Å². The van der Waals surface area contributed by atoms with Gasteiger partial charge in [-0.1, -0.05) is 6.07 Å². The normalized spacial score (nSPS) is 10.8. The fourth-order valence-electron chi connectivity index (χ4n) is 1.88. The van der Waals surface area contributed by atoms with Crippen LogP contribution in [0.3, 0.4) is 0 Å². The van der Waals surface area contributed by atoms with Crippen LogP contribution in [0, 0.1) is 0 Å². The molecule has 0 aliphatic rings. The van der Waals surface area contributed by atoms with Gasteiger partial charge in [-0.15, -0.1) is 0 Å². The van der Waals surface area contributed by atoms with Crippen molar-refractivity contribution in [3.8, 4) is 5.75 Å². The molecule has 0 aliphatic heterocycles. The highest BCUT2D eigenvalue weighted by Gasteiger charge is 2.07. The molecular weight excluding hydrogens is 232 g/mol. The zero-order valence-electron chi connectivity index (χ0n) is 10.3. The van der Waals surface area contributed by atoms with E-state index in [0.717, 1.165) is 6.42 Å². The molecule has 5 nitrogen and oxygen atoms in total. The van der Waals surface area contributed by atoms with Crippen molar-refractivity contribution < 1.29 is 9.84 Å². The Morgan fingerprint density at radius 1 is 1.39 bits per heavy atom. The van der Waals surface area contributed by atoms with Gasteiger partial charge in [0.05, 0.1) is 18.8 Å². The molecule has 0 fully saturated rings. The predicted molar refractivity (Wildman–Crippen MR) is 68.9 cm³/mol. The van der Waals surface area contributed by atoms with Crippen molar-refractivity contribution in [3.05, 3.63) is 34.9 Å². The van der Waals surface area contributed by atoms with Crippen LogP contribution in [0.25, 0.3) is 10.9 Å². The zero-order valence-corrected chi connectivity index (χ0v) is 10.3. The summed E-state index contributed by atoms with van der Waals surface area (Å²) in [5, 5.41) is 9.29. The Kier molecular flexibility index (Phi) is 3.94. The van der Waals surface area contributed by atoms with Crippen molar-refractivity contribution in [2.45, 2.75) is 19.4 Å². The topological polar surface area (TPSA) is 64.3 Å². The van der Waals surface area contributed by atoms with Crippen LogP contribution in [0.4, 0.5) is 0 Å². The van der Waals surface area contributed by atoms with Gasteiger partial charge in [-0.25, -0.2) is 4.98 Å². The molecular formula is C13H16N2O3. The van der Waals surface area contributed by atoms with Crippen LogP contribution < -0.4 is 10.3 Å². The third-order valence-corrected chi connectivity index (χ3v) is 2.84. The molecule has 1 N–H and O–H groups in total. The van der Waals surface area contributed by atoms with Crippen LogP contribution in [0.5, 0.6) is 5.75 Å². The summed E-state index contributed by atoms with van der Waals surface area (Å²) in [7, 11) is 1.56. The van der Waals surface area contributed by atoms with Gasteiger partial charge in [0.2, 0.25) is 0 Å². The van der Waals surface area contributed by atoms with Crippen molar-refractivity contribution >= 4 is 10.9 Å². The first-order chi connectivity index (χ1) is 8.77. The number of aliphatic hydroxyl groups excluding tert-OH is 1. The molecule has 0 saturated carbocycles. The monoisotopic (exact) mass is 248 g/mol. The van der Waals surface area contributed by atoms with Gasteiger partial charge in [0.25, 0.3) is 5.56 Å². The van der Waals surface area contributed by atoms with E-state index in [-0.39, 0.29) is 12.2 Å². The Balaban J connectivity index is 2.42. The number of aliphatic hydroxyl groups is 1. The summed E-state index contributed by atoms with van der Waals surface area (Å²) < 4.78 is 6.74. The van der Waals surface area contributed by atoms with Gasteiger partial charge in [-0.2, -0.15) is 0 Å². The number of aryl methyl sites for hydroxylation is 1. The third kappa shape index (κ3) is 2.36. The van der Waals surface area contributed by atoms with E-state index in [4.69, 9.17) is 9.84 Å². The Hall–Kier alpha value is -1.88. The maximum absolute atomic E-state index is 12.2. The van der Waals surface area contributed by atoms with E-state index in [9.17, 15) is 4.79 Å². The van der Waals surface area contributed by atoms with E-state index in [0.29, 0.717) is 29.6 Å². The minimum Gasteiger partial charge on any atom is -0.494 e. The molecule has 0 saturated heterocycles. The van der Waals surface area contributed by atoms with Crippen LogP contribution in [0.1, 0.15) is 12.8 Å². The maximum Gasteiger partial charge on any atom is 0.261 e. The van der Waals surface area contributed by atoms with Crippen LogP contribution in [-0.2, 0) is 6.54 Å². The number of fused-ring (bicyclic) bond motifs is 1. The lowest BCUT2D eigenvalue weighted by molar-refractivity contribution is 0.281. The Morgan fingerprint density at radius 2 is 2.22 bits per heavy atom. The summed E-state index contributed by atoms with van der Waals surface area (Å²) in [4.78, 5) is 16.5. The number of hydrogen-bond donors (Lipinski definition) is 1. The molecule has 0 bridgehead atoms. The highest BCUT2D eigenvalue weighted by Crippen LogP contribution is 2.19. The molecule has 0 spiro atoms. The van der Waals surface area contributed by atoms with Crippen LogP contribution >= 0.6 is 0 Å². The molecule has 1 heterocycles. The summed E-state index contributed by atoms with van der Waals surface area (Å²) in [5.74, 6) is 0.604. The lowest BCUT2D eigenvalue weighted by Gasteiger charge is -2.08. The highest BCUT2D eigenvalue weighted by atomic mass is 16.5. The molecule has 1 aromatic carbocycles. The number of ether oxygens (including phenoxy) is 1. The van der Waals surface area contributed by atoms with E-state index in [1.54, 1.807) is 29.9 Å². The van der Waals surface area contributed by atoms with Gasteiger partial charge in [0, 0.05) is 13.2 Å². The van der Waals surface area contributed by atoms with Gasteiger partial charge in [-0.3, -0.25) is 9.36 Å². The van der Waals surface area contributed by atoms with Crippen LogP contribution in [-0.4, -0.2) is 28.4 Å². The Labute approximate surface area is 105 Å². The van der Waals surface area contributed by atoms with E-state index >= 15 is 0 Å². The number of benzene rings is 1. The standard InChI is InChI=1S/C13H16N2O3/c1-18-11-6-4-5-10-12(11)14-9-15(13(10)17)7-2-3-8-16/h4-6,9,16H,2-3,7-8H2,1H3. The lowest BCUT2D eigenvalue weighted by atomic mass is 10.2. The summed E-state index contributed by atoms with van der Waals surface area (Å²) in [5.41, 5.74) is 0.514. The Bertz CT molecular complexity index is 592. The number of hydrogen-bond acceptors (Lipinski definition) is 4. The first-order valence-electron chi connectivity index (χ1n) is 5.91. The van der Waals surface area contributed by atoms with Crippen molar-refractivity contribution in [3.63, 3.8) is 0 Å². The van der Waals surface area contributed by atoms with Crippen molar-refractivity contribution in [1.82, 2.24) is 9.55 Å². The van der Waals surface area contributed by atoms with E-state index in [1.165, 1.54) is 6.33 Å². The molecule has 96 valence electrons. The van der Waals surface area contributed by atoms with E-state index in [1.807, 2.05) is 0 Å². The first kappa shape index (κ1) is 12.6. The predicted octanol–water partition coefficient (Wildman–Crippen LogP) is 1.18. The number of nitrogens with zero attached hydrogens (tertiary/aromatic N) is 2. The molecule has 0 atom stereocenters. The molecule has 0 radical (unpaired) electrons. The second-order valence-electron chi connectivity index (χ2n) is 4.03. The van der Waals surface area contributed by atoms with Crippen molar-refractivity contribution in [2.24, 2.45) is 0 Å². The number of unbranched alkanes of at least 4 members (excludes halogenated alkanes) is 1. The Morgan fingerprint density at radius 3 is 2.94 bits per heavy atom. The fourth-order valence-corrected chi connectivity index (χ4v) is 1.88. The number of rotatable bonds is 5. The molecule has 5 heteroatoms. The van der Waals surface area contributed by atoms with Gasteiger partial charge in [0.1, 0.15) is 11.3 Å². The number of aromatic nitrogens is 2. The summed E-state index contributed by atoms with van der Waals surface area (Å²) in [6, 6.07) is 5.31. The summed E-state index contributed by atoms with van der Waals surface area (Å²) in [6.07, 6.45) is 2.97. The van der Waals surface area contributed by atoms with Crippen LogP contribution in [0.15, 0.2) is 29.3 Å². The quantitative estimate of drug-likeness (QED) is 0.807. The SMILES string of the molecule is COc1cccc2c(=O)n(CCCCO)cnc12. The largest absolute Gasteiger partial charge is 0.494 e. The zero-order chi connectivity index (χ0) is 13.0. The fraction of sp³-hybridized carbons (Fsp3) is 0.385. The minimum absolute atomic E-state index is 0.0724. The van der Waals surface area contributed by atoms with Crippen molar-refractivity contribution in [2.75, 3.05) is 13.7 Å². The molecule has 0 unspecified atom stereocenters. The molecule has 1 aromatic heterocycles. The van der Waals surface area contributed by atoms with Gasteiger partial charge in [0.15, 0.2) is 0 Å². The smallest absolute Gasteiger partial charge is 0.261 e. The molecule has 2 rings (SSSR count). The first-order valence-corrected chi connectivity index (χ1v) is 5.91. The second kappa shape index (κ2) is 5.64. The van der Waals surface area contributed by atoms with E-state index in [2.05, 4.69) is 4.98 Å². The molecule has 0 amide bonds. The molecule has 18 heavy (non-hydrogen) atoms. The highest BCUT2D eigenvalue weighted by molar-refractivity contribution is 5.83. The third-order valence-electron chi connectivity index (χ3n) is 2.84. The average molecular weight is 248 g/mol. The molecule has 2 aromatic rings. The second-order valence-corrected chi connectivity index (χ2v) is 4.03. The number of para-hydroxylation sites is 1. The van der Waals surface area contributed by atoms with Crippen LogP contribution in [0.2, 0.25) is 0 Å². The van der Waals surface area contributed by atoms with Gasteiger partial charge in [-0.05, 0) is 25.0 Å². The van der Waals surface area contributed by atoms with Gasteiger partial charge >= 0.3 is 0 Å². The summed E-state index contributed by atoms with van der Waals surface area (Å²) >= 11 is 0. The number of methoxy groups -OCH3 is 1. The molecule has 0 aliphatic carbocycles. The average Bonchev–Trinajstić information content (AvgIpc) is 2.41. The summed E-state index contributed by atoms with van der Waals surface area (Å²) in [6.45, 7) is 0.711.